The standard InChI is InChI=1S/C17H15N3O3/c1-11-2-5-13(6-3-11)16-19-17(23-20-16)18-9-12-4-7-14-15(8-12)22-10-21-14/h2-8H,9-10H2,1H3,(H,18,19,20). The van der Waals surface area contributed by atoms with Crippen LogP contribution in [-0.2, 0) is 6.54 Å². The normalized spacial score (nSPS) is 12.4. The number of fused-ring (bicyclic) bond motifs is 1. The van der Waals surface area contributed by atoms with Gasteiger partial charge in [-0.2, -0.15) is 4.98 Å². The van der Waals surface area contributed by atoms with E-state index in [1.807, 2.05) is 49.4 Å². The quantitative estimate of drug-likeness (QED) is 0.796. The number of aryl methyl sites for hydroxylation is 1. The third kappa shape index (κ3) is 2.83. The van der Waals surface area contributed by atoms with Gasteiger partial charge >= 0.3 is 6.01 Å². The van der Waals surface area contributed by atoms with Crippen molar-refractivity contribution in [2.45, 2.75) is 13.5 Å². The van der Waals surface area contributed by atoms with Crippen LogP contribution in [0, 0.1) is 6.92 Å². The maximum absolute atomic E-state index is 5.36. The Morgan fingerprint density at radius 2 is 1.87 bits per heavy atom. The number of hydrogen-bond acceptors (Lipinski definition) is 6. The summed E-state index contributed by atoms with van der Waals surface area (Å²) in [4.78, 5) is 4.35. The monoisotopic (exact) mass is 309 g/mol. The van der Waals surface area contributed by atoms with Gasteiger partial charge in [-0.15, -0.1) is 0 Å². The van der Waals surface area contributed by atoms with Crippen molar-refractivity contribution >= 4 is 6.01 Å². The van der Waals surface area contributed by atoms with Gasteiger partial charge in [0, 0.05) is 12.1 Å². The van der Waals surface area contributed by atoms with Crippen molar-refractivity contribution in [3.63, 3.8) is 0 Å². The molecule has 3 aromatic rings. The fourth-order valence-electron chi connectivity index (χ4n) is 2.34. The average Bonchev–Trinajstić information content (AvgIpc) is 3.22. The molecule has 6 nitrogen and oxygen atoms in total. The minimum Gasteiger partial charge on any atom is -0.454 e. The summed E-state index contributed by atoms with van der Waals surface area (Å²) >= 11 is 0. The predicted molar refractivity (Wildman–Crippen MR) is 84.4 cm³/mol. The Kier molecular flexibility index (Phi) is 3.34. The third-order valence-corrected chi connectivity index (χ3v) is 3.62. The van der Waals surface area contributed by atoms with Crippen molar-refractivity contribution in [3.8, 4) is 22.9 Å². The molecule has 0 bridgehead atoms. The first kappa shape index (κ1) is 13.6. The van der Waals surface area contributed by atoms with E-state index in [1.54, 1.807) is 0 Å². The molecule has 0 saturated carbocycles. The molecule has 2 aromatic carbocycles. The fraction of sp³-hybridized carbons (Fsp3) is 0.176. The first-order valence-electron chi connectivity index (χ1n) is 7.31. The number of hydrogen-bond donors (Lipinski definition) is 1. The van der Waals surface area contributed by atoms with Gasteiger partial charge < -0.3 is 19.3 Å². The van der Waals surface area contributed by atoms with Crippen molar-refractivity contribution in [3.05, 3.63) is 53.6 Å². The third-order valence-electron chi connectivity index (χ3n) is 3.62. The lowest BCUT2D eigenvalue weighted by Gasteiger charge is -2.02. The van der Waals surface area contributed by atoms with Gasteiger partial charge in [-0.1, -0.05) is 41.1 Å². The van der Waals surface area contributed by atoms with Crippen molar-refractivity contribution < 1.29 is 14.0 Å². The van der Waals surface area contributed by atoms with Gasteiger partial charge in [0.05, 0.1) is 0 Å². The first-order chi connectivity index (χ1) is 11.3. The van der Waals surface area contributed by atoms with Crippen LogP contribution in [0.2, 0.25) is 0 Å². The van der Waals surface area contributed by atoms with Crippen LogP contribution < -0.4 is 14.8 Å². The highest BCUT2D eigenvalue weighted by atomic mass is 16.7. The molecule has 0 atom stereocenters. The molecule has 0 amide bonds. The van der Waals surface area contributed by atoms with E-state index in [1.165, 1.54) is 5.56 Å². The molecule has 0 aliphatic carbocycles. The van der Waals surface area contributed by atoms with Crippen molar-refractivity contribution in [2.75, 3.05) is 12.1 Å². The minimum atomic E-state index is 0.274. The van der Waals surface area contributed by atoms with Gasteiger partial charge in [0.1, 0.15) is 0 Å². The number of aromatic nitrogens is 2. The molecule has 0 saturated heterocycles. The second-order valence-electron chi connectivity index (χ2n) is 5.33. The highest BCUT2D eigenvalue weighted by molar-refractivity contribution is 5.55. The van der Waals surface area contributed by atoms with Crippen LogP contribution in [0.5, 0.6) is 11.5 Å². The Balaban J connectivity index is 1.44. The molecule has 4 rings (SSSR count). The molecule has 2 heterocycles. The first-order valence-corrected chi connectivity index (χ1v) is 7.31. The molecule has 116 valence electrons. The minimum absolute atomic E-state index is 0.274. The summed E-state index contributed by atoms with van der Waals surface area (Å²) in [6.45, 7) is 2.88. The summed E-state index contributed by atoms with van der Waals surface area (Å²) in [6.07, 6.45) is 0. The van der Waals surface area contributed by atoms with Gasteiger partial charge in [-0.25, -0.2) is 0 Å². The SMILES string of the molecule is Cc1ccc(-c2noc(NCc3ccc4c(c3)OCO4)n2)cc1. The summed E-state index contributed by atoms with van der Waals surface area (Å²) in [6, 6.07) is 14.2. The smallest absolute Gasteiger partial charge is 0.322 e. The molecule has 0 radical (unpaired) electrons. The Morgan fingerprint density at radius 1 is 1.04 bits per heavy atom. The maximum atomic E-state index is 5.36. The Labute approximate surface area is 133 Å². The largest absolute Gasteiger partial charge is 0.454 e. The molecule has 1 aromatic heterocycles. The number of anilines is 1. The highest BCUT2D eigenvalue weighted by Crippen LogP contribution is 2.32. The van der Waals surface area contributed by atoms with Crippen LogP contribution in [-0.4, -0.2) is 16.9 Å². The van der Waals surface area contributed by atoms with Crippen LogP contribution in [0.15, 0.2) is 47.0 Å². The Hall–Kier alpha value is -3.02. The molecular formula is C17H15N3O3. The zero-order valence-electron chi connectivity index (χ0n) is 12.6. The molecular weight excluding hydrogens is 294 g/mol. The van der Waals surface area contributed by atoms with Crippen LogP contribution >= 0.6 is 0 Å². The fourth-order valence-corrected chi connectivity index (χ4v) is 2.34. The molecule has 6 heteroatoms. The van der Waals surface area contributed by atoms with E-state index >= 15 is 0 Å². The lowest BCUT2D eigenvalue weighted by atomic mass is 10.1. The number of benzene rings is 2. The molecule has 0 fully saturated rings. The van der Waals surface area contributed by atoms with Crippen LogP contribution in [0.4, 0.5) is 6.01 Å². The zero-order valence-corrected chi connectivity index (χ0v) is 12.6. The van der Waals surface area contributed by atoms with E-state index in [0.29, 0.717) is 18.4 Å². The lowest BCUT2D eigenvalue weighted by Crippen LogP contribution is -1.99. The number of rotatable bonds is 4. The van der Waals surface area contributed by atoms with Crippen molar-refractivity contribution in [1.29, 1.82) is 0 Å². The predicted octanol–water partition coefficient (Wildman–Crippen LogP) is 3.39. The molecule has 1 aliphatic heterocycles. The second-order valence-corrected chi connectivity index (χ2v) is 5.33. The van der Waals surface area contributed by atoms with E-state index in [4.69, 9.17) is 14.0 Å². The maximum Gasteiger partial charge on any atom is 0.322 e. The van der Waals surface area contributed by atoms with E-state index in [2.05, 4.69) is 15.5 Å². The van der Waals surface area contributed by atoms with Gasteiger partial charge in [0.25, 0.3) is 0 Å². The summed E-state index contributed by atoms with van der Waals surface area (Å²) in [5.74, 6) is 2.10. The topological polar surface area (TPSA) is 69.4 Å². The Morgan fingerprint density at radius 3 is 2.74 bits per heavy atom. The lowest BCUT2D eigenvalue weighted by molar-refractivity contribution is 0.174. The summed E-state index contributed by atoms with van der Waals surface area (Å²) in [5.41, 5.74) is 3.17. The molecule has 1 N–H and O–H groups in total. The van der Waals surface area contributed by atoms with E-state index < -0.39 is 0 Å². The Bertz CT molecular complexity index is 827. The second kappa shape index (κ2) is 5.64. The van der Waals surface area contributed by atoms with Crippen molar-refractivity contribution in [1.82, 2.24) is 10.1 Å². The van der Waals surface area contributed by atoms with Crippen LogP contribution in [0.25, 0.3) is 11.4 Å². The van der Waals surface area contributed by atoms with E-state index in [0.717, 1.165) is 22.6 Å². The average molecular weight is 309 g/mol. The van der Waals surface area contributed by atoms with Gasteiger partial charge in [0.2, 0.25) is 12.6 Å². The van der Waals surface area contributed by atoms with Gasteiger partial charge in [-0.05, 0) is 24.6 Å². The van der Waals surface area contributed by atoms with Crippen LogP contribution in [0.1, 0.15) is 11.1 Å². The van der Waals surface area contributed by atoms with Gasteiger partial charge in [0.15, 0.2) is 11.5 Å². The summed E-state index contributed by atoms with van der Waals surface area (Å²) < 4.78 is 15.9. The highest BCUT2D eigenvalue weighted by Gasteiger charge is 2.13. The summed E-state index contributed by atoms with van der Waals surface area (Å²) in [7, 11) is 0. The van der Waals surface area contributed by atoms with Crippen LogP contribution in [0.3, 0.4) is 0 Å². The number of ether oxygens (including phenoxy) is 2. The summed E-state index contributed by atoms with van der Waals surface area (Å²) in [5, 5.41) is 7.11. The molecule has 0 spiro atoms. The zero-order chi connectivity index (χ0) is 15.6. The van der Waals surface area contributed by atoms with E-state index in [-0.39, 0.29) is 6.79 Å². The van der Waals surface area contributed by atoms with Gasteiger partial charge in [-0.3, -0.25) is 0 Å². The molecule has 23 heavy (non-hydrogen) atoms. The van der Waals surface area contributed by atoms with E-state index in [9.17, 15) is 0 Å². The number of nitrogens with one attached hydrogen (secondary N) is 1. The van der Waals surface area contributed by atoms with Crippen molar-refractivity contribution in [2.24, 2.45) is 0 Å². The number of nitrogens with zero attached hydrogens (tertiary/aromatic N) is 2. The molecule has 1 aliphatic rings. The molecule has 0 unspecified atom stereocenters.